The summed E-state index contributed by atoms with van der Waals surface area (Å²) in [4.78, 5) is 20.0. The number of hydrogen-bond donors (Lipinski definition) is 2. The molecule has 0 radical (unpaired) electrons. The summed E-state index contributed by atoms with van der Waals surface area (Å²) in [6, 6.07) is 3.74. The van der Waals surface area contributed by atoms with Crippen molar-refractivity contribution in [3.8, 4) is 11.3 Å². The first-order chi connectivity index (χ1) is 8.47. The Kier molecular flexibility index (Phi) is 3.40. The standard InChI is InChI=1S/C12H14N4OS/c1-12(2,13)10(17)16-11-15-9(7-18-11)8-3-5-14-6-4-8/h3-7H,13H2,1-2H3,(H,15,16,17). The van der Waals surface area contributed by atoms with E-state index in [0.29, 0.717) is 5.13 Å². The van der Waals surface area contributed by atoms with E-state index in [-0.39, 0.29) is 5.91 Å². The number of rotatable bonds is 3. The van der Waals surface area contributed by atoms with Gasteiger partial charge in [0.15, 0.2) is 5.13 Å². The van der Waals surface area contributed by atoms with Crippen LogP contribution in [0.25, 0.3) is 11.3 Å². The highest BCUT2D eigenvalue weighted by atomic mass is 32.1. The lowest BCUT2D eigenvalue weighted by Crippen LogP contribution is -2.45. The molecule has 1 amide bonds. The Hall–Kier alpha value is -1.79. The third kappa shape index (κ3) is 2.91. The van der Waals surface area contributed by atoms with Crippen LogP contribution in [-0.2, 0) is 4.79 Å². The number of anilines is 1. The minimum Gasteiger partial charge on any atom is -0.318 e. The molecule has 2 aromatic heterocycles. The normalized spacial score (nSPS) is 11.3. The fraction of sp³-hybridized carbons (Fsp3) is 0.250. The number of amides is 1. The van der Waals surface area contributed by atoms with Gasteiger partial charge in [0, 0.05) is 23.3 Å². The van der Waals surface area contributed by atoms with E-state index < -0.39 is 5.54 Å². The third-order valence-electron chi connectivity index (χ3n) is 2.29. The maximum absolute atomic E-state index is 11.7. The first kappa shape index (κ1) is 12.7. The molecule has 0 spiro atoms. The van der Waals surface area contributed by atoms with Gasteiger partial charge in [0.1, 0.15) is 0 Å². The van der Waals surface area contributed by atoms with Crippen LogP contribution in [0, 0.1) is 0 Å². The minimum absolute atomic E-state index is 0.252. The van der Waals surface area contributed by atoms with Gasteiger partial charge >= 0.3 is 0 Å². The summed E-state index contributed by atoms with van der Waals surface area (Å²) in [5, 5.41) is 5.13. The van der Waals surface area contributed by atoms with E-state index in [1.54, 1.807) is 26.2 Å². The van der Waals surface area contributed by atoms with Crippen LogP contribution in [0.5, 0.6) is 0 Å². The summed E-state index contributed by atoms with van der Waals surface area (Å²) in [5.41, 5.74) is 6.57. The maximum atomic E-state index is 11.7. The van der Waals surface area contributed by atoms with Crippen molar-refractivity contribution in [1.29, 1.82) is 0 Å². The highest BCUT2D eigenvalue weighted by Crippen LogP contribution is 2.24. The van der Waals surface area contributed by atoms with Gasteiger partial charge in [-0.25, -0.2) is 4.98 Å². The van der Waals surface area contributed by atoms with Crippen molar-refractivity contribution in [3.05, 3.63) is 29.9 Å². The van der Waals surface area contributed by atoms with E-state index in [2.05, 4.69) is 15.3 Å². The highest BCUT2D eigenvalue weighted by molar-refractivity contribution is 7.14. The van der Waals surface area contributed by atoms with Crippen molar-refractivity contribution >= 4 is 22.4 Å². The second-order valence-electron chi connectivity index (χ2n) is 4.45. The SMILES string of the molecule is CC(C)(N)C(=O)Nc1nc(-c2ccncc2)cs1. The van der Waals surface area contributed by atoms with Crippen molar-refractivity contribution in [3.63, 3.8) is 0 Å². The quantitative estimate of drug-likeness (QED) is 0.885. The molecule has 0 saturated carbocycles. The minimum atomic E-state index is -0.914. The summed E-state index contributed by atoms with van der Waals surface area (Å²) < 4.78 is 0. The van der Waals surface area contributed by atoms with Crippen molar-refractivity contribution in [1.82, 2.24) is 9.97 Å². The summed E-state index contributed by atoms with van der Waals surface area (Å²) in [5.74, 6) is -0.252. The molecule has 5 nitrogen and oxygen atoms in total. The van der Waals surface area contributed by atoms with Crippen molar-refractivity contribution < 1.29 is 4.79 Å². The molecular weight excluding hydrogens is 248 g/mol. The molecule has 18 heavy (non-hydrogen) atoms. The second kappa shape index (κ2) is 4.83. The lowest BCUT2D eigenvalue weighted by molar-refractivity contribution is -0.120. The van der Waals surface area contributed by atoms with Crippen LogP contribution >= 0.6 is 11.3 Å². The van der Waals surface area contributed by atoms with E-state index in [4.69, 9.17) is 5.73 Å². The van der Waals surface area contributed by atoms with Gasteiger partial charge in [0.25, 0.3) is 0 Å². The molecule has 0 atom stereocenters. The van der Waals surface area contributed by atoms with Crippen LogP contribution in [0.2, 0.25) is 0 Å². The van der Waals surface area contributed by atoms with E-state index in [1.807, 2.05) is 17.5 Å². The lowest BCUT2D eigenvalue weighted by atomic mass is 10.1. The number of pyridine rings is 1. The maximum Gasteiger partial charge on any atom is 0.245 e. The molecule has 0 fully saturated rings. The lowest BCUT2D eigenvalue weighted by Gasteiger charge is -2.16. The largest absolute Gasteiger partial charge is 0.318 e. The fourth-order valence-corrected chi connectivity index (χ4v) is 1.96. The first-order valence-electron chi connectivity index (χ1n) is 5.43. The van der Waals surface area contributed by atoms with Crippen molar-refractivity contribution in [2.75, 3.05) is 5.32 Å². The Bertz CT molecular complexity index is 545. The molecule has 2 rings (SSSR count). The summed E-state index contributed by atoms with van der Waals surface area (Å²) >= 11 is 1.37. The number of nitrogens with one attached hydrogen (secondary N) is 1. The average Bonchev–Trinajstić information content (AvgIpc) is 2.77. The molecule has 0 aliphatic rings. The number of nitrogens with zero attached hydrogens (tertiary/aromatic N) is 2. The number of nitrogens with two attached hydrogens (primary N) is 1. The smallest absolute Gasteiger partial charge is 0.245 e. The van der Waals surface area contributed by atoms with E-state index in [0.717, 1.165) is 11.3 Å². The van der Waals surface area contributed by atoms with Crippen LogP contribution in [0.1, 0.15) is 13.8 Å². The Balaban J connectivity index is 2.15. The van der Waals surface area contributed by atoms with E-state index >= 15 is 0 Å². The number of carbonyl (C=O) groups is 1. The Morgan fingerprint density at radius 2 is 2.06 bits per heavy atom. The monoisotopic (exact) mass is 262 g/mol. The molecule has 94 valence electrons. The molecular formula is C12H14N4OS. The molecule has 0 aliphatic carbocycles. The van der Waals surface area contributed by atoms with Crippen molar-refractivity contribution in [2.24, 2.45) is 5.73 Å². The van der Waals surface area contributed by atoms with E-state index in [1.165, 1.54) is 11.3 Å². The first-order valence-corrected chi connectivity index (χ1v) is 6.31. The number of aromatic nitrogens is 2. The van der Waals surface area contributed by atoms with Crippen molar-refractivity contribution in [2.45, 2.75) is 19.4 Å². The summed E-state index contributed by atoms with van der Waals surface area (Å²) in [7, 11) is 0. The number of hydrogen-bond acceptors (Lipinski definition) is 5. The molecule has 0 saturated heterocycles. The predicted octanol–water partition coefficient (Wildman–Crippen LogP) is 1.88. The van der Waals surface area contributed by atoms with E-state index in [9.17, 15) is 4.79 Å². The summed E-state index contributed by atoms with van der Waals surface area (Å²) in [6.07, 6.45) is 3.41. The van der Waals surface area contributed by atoms with Gasteiger partial charge in [-0.1, -0.05) is 0 Å². The number of carbonyl (C=O) groups excluding carboxylic acids is 1. The zero-order valence-electron chi connectivity index (χ0n) is 10.2. The van der Waals surface area contributed by atoms with Gasteiger partial charge in [-0.05, 0) is 26.0 Å². The molecule has 0 bridgehead atoms. The number of thiazole rings is 1. The fourth-order valence-electron chi connectivity index (χ4n) is 1.24. The van der Waals surface area contributed by atoms with Crippen LogP contribution in [-0.4, -0.2) is 21.4 Å². The predicted molar refractivity (Wildman–Crippen MR) is 72.2 cm³/mol. The topological polar surface area (TPSA) is 80.9 Å². The van der Waals surface area contributed by atoms with Crippen LogP contribution in [0.15, 0.2) is 29.9 Å². The van der Waals surface area contributed by atoms with Gasteiger partial charge < -0.3 is 11.1 Å². The highest BCUT2D eigenvalue weighted by Gasteiger charge is 2.22. The van der Waals surface area contributed by atoms with Crippen LogP contribution in [0.3, 0.4) is 0 Å². The molecule has 6 heteroatoms. The molecule has 2 aromatic rings. The Labute approximate surface area is 109 Å². The van der Waals surface area contributed by atoms with Gasteiger partial charge in [0.05, 0.1) is 11.2 Å². The zero-order chi connectivity index (χ0) is 13.2. The third-order valence-corrected chi connectivity index (χ3v) is 3.04. The van der Waals surface area contributed by atoms with Gasteiger partial charge in [-0.15, -0.1) is 11.3 Å². The zero-order valence-corrected chi connectivity index (χ0v) is 11.0. The van der Waals surface area contributed by atoms with Crippen LogP contribution in [0.4, 0.5) is 5.13 Å². The van der Waals surface area contributed by atoms with Gasteiger partial charge in [0.2, 0.25) is 5.91 Å². The molecule has 0 aromatic carbocycles. The second-order valence-corrected chi connectivity index (χ2v) is 5.31. The van der Waals surface area contributed by atoms with Crippen LogP contribution < -0.4 is 11.1 Å². The van der Waals surface area contributed by atoms with Gasteiger partial charge in [-0.3, -0.25) is 9.78 Å². The molecule has 0 unspecified atom stereocenters. The van der Waals surface area contributed by atoms with Gasteiger partial charge in [-0.2, -0.15) is 0 Å². The molecule has 2 heterocycles. The Morgan fingerprint density at radius 3 is 2.67 bits per heavy atom. The Morgan fingerprint density at radius 1 is 1.39 bits per heavy atom. The molecule has 3 N–H and O–H groups in total. The molecule has 0 aliphatic heterocycles. The average molecular weight is 262 g/mol. The summed E-state index contributed by atoms with van der Waals surface area (Å²) in [6.45, 7) is 3.30.